The van der Waals surface area contributed by atoms with Gasteiger partial charge in [0.2, 0.25) is 8.32 Å². The summed E-state index contributed by atoms with van der Waals surface area (Å²) in [5.74, 6) is 0.103. The fraction of sp³-hybridized carbons (Fsp3) is 0.400. The highest BCUT2D eigenvalue weighted by molar-refractivity contribution is 9.10. The first kappa shape index (κ1) is 11.7. The van der Waals surface area contributed by atoms with Gasteiger partial charge in [-0.2, -0.15) is 0 Å². The molecule has 0 fully saturated rings. The molecule has 0 aliphatic rings. The lowest BCUT2D eigenvalue weighted by atomic mass is 10.2. The molecule has 0 spiro atoms. The molecular formula is C10H14BrFOSi. The van der Waals surface area contributed by atoms with Crippen LogP contribution in [-0.4, -0.2) is 8.32 Å². The predicted octanol–water partition coefficient (Wildman–Crippen LogP) is 4.11. The van der Waals surface area contributed by atoms with Crippen molar-refractivity contribution < 1.29 is 8.82 Å². The second kappa shape index (κ2) is 4.02. The Kier molecular flexibility index (Phi) is 3.37. The average molecular weight is 277 g/mol. The third-order valence-electron chi connectivity index (χ3n) is 1.60. The Labute approximate surface area is 93.5 Å². The summed E-state index contributed by atoms with van der Waals surface area (Å²) in [5, 5.41) is 0. The molecular weight excluding hydrogens is 263 g/mol. The van der Waals surface area contributed by atoms with Gasteiger partial charge in [-0.15, -0.1) is 0 Å². The Bertz CT molecular complexity index is 323. The Hall–Kier alpha value is -0.353. The summed E-state index contributed by atoms with van der Waals surface area (Å²) < 4.78 is 19.9. The Morgan fingerprint density at radius 2 is 1.86 bits per heavy atom. The number of rotatable bonds is 2. The van der Waals surface area contributed by atoms with E-state index in [0.717, 1.165) is 10.0 Å². The standard InChI is InChI=1S/C10H14BrFOSi/c1-7-5-8(11)6-9(12)10(7)13-14(2,3)4/h5-6H,1-4H3. The van der Waals surface area contributed by atoms with Gasteiger partial charge in [0.15, 0.2) is 5.82 Å². The molecule has 0 heterocycles. The van der Waals surface area contributed by atoms with Crippen LogP contribution < -0.4 is 4.43 Å². The van der Waals surface area contributed by atoms with Gasteiger partial charge in [0.25, 0.3) is 0 Å². The molecule has 0 saturated heterocycles. The fourth-order valence-electron chi connectivity index (χ4n) is 1.12. The van der Waals surface area contributed by atoms with Crippen molar-refractivity contribution in [1.29, 1.82) is 0 Å². The van der Waals surface area contributed by atoms with Gasteiger partial charge >= 0.3 is 0 Å². The van der Waals surface area contributed by atoms with Gasteiger partial charge < -0.3 is 4.43 Å². The molecule has 1 aromatic carbocycles. The molecule has 0 unspecified atom stereocenters. The lowest BCUT2D eigenvalue weighted by Crippen LogP contribution is -2.30. The van der Waals surface area contributed by atoms with Gasteiger partial charge in [-0.1, -0.05) is 15.9 Å². The van der Waals surface area contributed by atoms with Crippen LogP contribution in [0, 0.1) is 12.7 Å². The van der Waals surface area contributed by atoms with E-state index in [1.54, 1.807) is 0 Å². The van der Waals surface area contributed by atoms with Crippen LogP contribution in [0.2, 0.25) is 19.6 Å². The van der Waals surface area contributed by atoms with Crippen molar-refractivity contribution in [2.45, 2.75) is 26.6 Å². The zero-order valence-corrected chi connectivity index (χ0v) is 11.4. The van der Waals surface area contributed by atoms with Gasteiger partial charge in [-0.05, 0) is 44.3 Å². The van der Waals surface area contributed by atoms with Gasteiger partial charge in [-0.3, -0.25) is 0 Å². The van der Waals surface area contributed by atoms with E-state index < -0.39 is 8.32 Å². The molecule has 1 nitrogen and oxygen atoms in total. The van der Waals surface area contributed by atoms with Gasteiger partial charge in [-0.25, -0.2) is 4.39 Å². The molecule has 78 valence electrons. The Balaban J connectivity index is 3.09. The number of hydrogen-bond donors (Lipinski definition) is 0. The van der Waals surface area contributed by atoms with Gasteiger partial charge in [0, 0.05) is 4.47 Å². The van der Waals surface area contributed by atoms with E-state index >= 15 is 0 Å². The molecule has 1 aromatic rings. The van der Waals surface area contributed by atoms with Crippen LogP contribution in [0.4, 0.5) is 4.39 Å². The van der Waals surface area contributed by atoms with Gasteiger partial charge in [0.05, 0.1) is 0 Å². The van der Waals surface area contributed by atoms with Crippen LogP contribution in [0.1, 0.15) is 5.56 Å². The van der Waals surface area contributed by atoms with Crippen LogP contribution >= 0.6 is 15.9 Å². The third-order valence-corrected chi connectivity index (χ3v) is 2.88. The zero-order valence-electron chi connectivity index (χ0n) is 8.82. The van der Waals surface area contributed by atoms with Crippen molar-refractivity contribution in [1.82, 2.24) is 0 Å². The lowest BCUT2D eigenvalue weighted by Gasteiger charge is -2.21. The monoisotopic (exact) mass is 276 g/mol. The van der Waals surface area contributed by atoms with Crippen molar-refractivity contribution in [3.8, 4) is 5.75 Å². The molecule has 1 rings (SSSR count). The van der Waals surface area contributed by atoms with Crippen LogP contribution in [0.5, 0.6) is 5.75 Å². The van der Waals surface area contributed by atoms with E-state index in [2.05, 4.69) is 15.9 Å². The summed E-state index contributed by atoms with van der Waals surface area (Å²) >= 11 is 3.24. The van der Waals surface area contributed by atoms with Crippen molar-refractivity contribution in [2.75, 3.05) is 0 Å². The molecule has 0 aliphatic carbocycles. The summed E-state index contributed by atoms with van der Waals surface area (Å²) in [6, 6.07) is 3.29. The zero-order chi connectivity index (χ0) is 10.9. The summed E-state index contributed by atoms with van der Waals surface area (Å²) in [6.07, 6.45) is 0. The van der Waals surface area contributed by atoms with Crippen molar-refractivity contribution in [3.05, 3.63) is 28.0 Å². The summed E-state index contributed by atoms with van der Waals surface area (Å²) in [7, 11) is -1.73. The quantitative estimate of drug-likeness (QED) is 0.739. The second-order valence-corrected chi connectivity index (χ2v) is 9.59. The van der Waals surface area contributed by atoms with E-state index in [1.165, 1.54) is 6.07 Å². The summed E-state index contributed by atoms with van der Waals surface area (Å²) in [6.45, 7) is 7.96. The lowest BCUT2D eigenvalue weighted by molar-refractivity contribution is 0.491. The molecule has 0 aliphatic heterocycles. The molecule has 4 heteroatoms. The number of halogens is 2. The molecule has 0 amide bonds. The molecule has 0 radical (unpaired) electrons. The Morgan fingerprint density at radius 3 is 2.29 bits per heavy atom. The van der Waals surface area contributed by atoms with Crippen LogP contribution in [0.15, 0.2) is 16.6 Å². The summed E-state index contributed by atoms with van der Waals surface area (Å²) in [4.78, 5) is 0. The second-order valence-electron chi connectivity index (χ2n) is 4.25. The maximum Gasteiger partial charge on any atom is 0.242 e. The minimum atomic E-state index is -1.73. The topological polar surface area (TPSA) is 9.23 Å². The third kappa shape index (κ3) is 3.10. The maximum absolute atomic E-state index is 13.5. The molecule has 14 heavy (non-hydrogen) atoms. The smallest absolute Gasteiger partial charge is 0.242 e. The van der Waals surface area contributed by atoms with Crippen molar-refractivity contribution in [3.63, 3.8) is 0 Å². The van der Waals surface area contributed by atoms with E-state index in [-0.39, 0.29) is 5.82 Å². The largest absolute Gasteiger partial charge is 0.542 e. The van der Waals surface area contributed by atoms with Crippen LogP contribution in [0.3, 0.4) is 0 Å². The van der Waals surface area contributed by atoms with Crippen LogP contribution in [-0.2, 0) is 0 Å². The first-order chi connectivity index (χ1) is 6.29. The van der Waals surface area contributed by atoms with Crippen molar-refractivity contribution in [2.24, 2.45) is 0 Å². The van der Waals surface area contributed by atoms with E-state index in [4.69, 9.17) is 4.43 Å². The highest BCUT2D eigenvalue weighted by Gasteiger charge is 2.20. The Morgan fingerprint density at radius 1 is 1.29 bits per heavy atom. The highest BCUT2D eigenvalue weighted by Crippen LogP contribution is 2.28. The number of hydrogen-bond acceptors (Lipinski definition) is 1. The fourth-order valence-corrected chi connectivity index (χ4v) is 2.54. The average Bonchev–Trinajstić information content (AvgIpc) is 1.95. The van der Waals surface area contributed by atoms with E-state index in [0.29, 0.717) is 5.75 Å². The van der Waals surface area contributed by atoms with E-state index in [9.17, 15) is 4.39 Å². The summed E-state index contributed by atoms with van der Waals surface area (Å²) in [5.41, 5.74) is 0.833. The maximum atomic E-state index is 13.5. The van der Waals surface area contributed by atoms with Crippen LogP contribution in [0.25, 0.3) is 0 Å². The molecule has 0 atom stereocenters. The minimum Gasteiger partial charge on any atom is -0.542 e. The SMILES string of the molecule is Cc1cc(Br)cc(F)c1O[Si](C)(C)C. The van der Waals surface area contributed by atoms with Gasteiger partial charge in [0.1, 0.15) is 5.75 Å². The molecule has 0 aromatic heterocycles. The van der Waals surface area contributed by atoms with E-state index in [1.807, 2.05) is 32.6 Å². The number of aryl methyl sites for hydroxylation is 1. The van der Waals surface area contributed by atoms with Crippen molar-refractivity contribution >= 4 is 24.2 Å². The first-order valence-electron chi connectivity index (χ1n) is 4.44. The number of benzene rings is 1. The normalized spacial score (nSPS) is 11.6. The highest BCUT2D eigenvalue weighted by atomic mass is 79.9. The molecule has 0 bridgehead atoms. The minimum absolute atomic E-state index is 0.292. The molecule has 0 N–H and O–H groups in total. The predicted molar refractivity (Wildman–Crippen MR) is 62.8 cm³/mol. The first-order valence-corrected chi connectivity index (χ1v) is 8.64. The molecule has 0 saturated carbocycles.